The minimum atomic E-state index is -4.64. The van der Waals surface area contributed by atoms with Crippen LogP contribution in [-0.2, 0) is 26.9 Å². The molecule has 4 aromatic carbocycles. The fourth-order valence-corrected chi connectivity index (χ4v) is 6.05. The molecule has 0 aromatic heterocycles. The Morgan fingerprint density at radius 2 is 1.54 bits per heavy atom. The van der Waals surface area contributed by atoms with Gasteiger partial charge in [0.2, 0.25) is 5.91 Å². The Labute approximate surface area is 272 Å². The lowest BCUT2D eigenvalue weighted by molar-refractivity contribution is -0.138. The van der Waals surface area contributed by atoms with Gasteiger partial charge < -0.3 is 15.2 Å². The summed E-state index contributed by atoms with van der Waals surface area (Å²) in [5, 5.41) is 11.9. The highest BCUT2D eigenvalue weighted by Crippen LogP contribution is 2.44. The standard InChI is InChI=1S/C34H27Cl2F3N2O5/c35-21-6-5-7-22(17-21)41(18-31(42)43)32(44)30(15-13-20-12-14-28(29(36)16-20)34(37,38)39)40-33(45)46-19-27-25-10-3-1-8-23(25)24-9-2-4-11-26(24)27/h1-12,14,16-17,27,30H,13,15,18-19H2,(H,40,45)(H,42,43)/t30-/m0/s1. The molecule has 2 N–H and O–H groups in total. The number of aryl methyl sites for hydroxylation is 1. The number of carbonyl (C=O) groups is 3. The Morgan fingerprint density at radius 1 is 0.891 bits per heavy atom. The molecule has 2 amide bonds. The van der Waals surface area contributed by atoms with Crippen LogP contribution < -0.4 is 10.2 Å². The smallest absolute Gasteiger partial charge is 0.417 e. The number of nitrogens with zero attached hydrogens (tertiary/aromatic N) is 1. The van der Waals surface area contributed by atoms with Gasteiger partial charge in [0.1, 0.15) is 19.2 Å². The van der Waals surface area contributed by atoms with Crippen molar-refractivity contribution in [3.8, 4) is 11.1 Å². The zero-order valence-corrected chi connectivity index (χ0v) is 25.6. The topological polar surface area (TPSA) is 95.9 Å². The van der Waals surface area contributed by atoms with Crippen LogP contribution in [0.3, 0.4) is 0 Å². The number of fused-ring (bicyclic) bond motifs is 3. The molecule has 0 bridgehead atoms. The summed E-state index contributed by atoms with van der Waals surface area (Å²) >= 11 is 12.0. The molecule has 0 unspecified atom stereocenters. The van der Waals surface area contributed by atoms with E-state index >= 15 is 0 Å². The van der Waals surface area contributed by atoms with Crippen LogP contribution in [0.25, 0.3) is 11.1 Å². The number of carboxylic acid groups (broad SMARTS) is 1. The molecular weight excluding hydrogens is 644 g/mol. The summed E-state index contributed by atoms with van der Waals surface area (Å²) in [6, 6.07) is 23.4. The fourth-order valence-electron chi connectivity index (χ4n) is 5.56. The van der Waals surface area contributed by atoms with Crippen LogP contribution >= 0.6 is 23.2 Å². The van der Waals surface area contributed by atoms with Crippen molar-refractivity contribution in [2.24, 2.45) is 0 Å². The van der Waals surface area contributed by atoms with E-state index in [0.29, 0.717) is 5.56 Å². The molecule has 5 rings (SSSR count). The second-order valence-electron chi connectivity index (χ2n) is 10.7. The number of amides is 2. The number of ether oxygens (including phenoxy) is 1. The Balaban J connectivity index is 1.37. The summed E-state index contributed by atoms with van der Waals surface area (Å²) < 4.78 is 45.3. The summed E-state index contributed by atoms with van der Waals surface area (Å²) in [6.07, 6.45) is -5.66. The molecule has 0 spiro atoms. The lowest BCUT2D eigenvalue weighted by atomic mass is 9.98. The van der Waals surface area contributed by atoms with Gasteiger partial charge in [-0.3, -0.25) is 14.5 Å². The monoisotopic (exact) mass is 670 g/mol. The molecule has 0 radical (unpaired) electrons. The molecule has 1 aliphatic rings. The third kappa shape index (κ3) is 7.46. The van der Waals surface area contributed by atoms with Crippen molar-refractivity contribution >= 4 is 46.9 Å². The molecule has 1 atom stereocenters. The number of carboxylic acids is 1. The average molecular weight is 671 g/mol. The molecule has 0 heterocycles. The highest BCUT2D eigenvalue weighted by molar-refractivity contribution is 6.31. The van der Waals surface area contributed by atoms with Gasteiger partial charge in [0.05, 0.1) is 10.6 Å². The molecule has 0 fully saturated rings. The van der Waals surface area contributed by atoms with Crippen LogP contribution in [0.5, 0.6) is 0 Å². The van der Waals surface area contributed by atoms with E-state index in [9.17, 15) is 32.7 Å². The van der Waals surface area contributed by atoms with Gasteiger partial charge in [-0.05, 0) is 71.0 Å². The van der Waals surface area contributed by atoms with Crippen LogP contribution in [0.1, 0.15) is 34.6 Å². The van der Waals surface area contributed by atoms with E-state index < -0.39 is 47.3 Å². The second kappa shape index (κ2) is 13.8. The predicted molar refractivity (Wildman–Crippen MR) is 168 cm³/mol. The van der Waals surface area contributed by atoms with Gasteiger partial charge in [-0.25, -0.2) is 4.79 Å². The van der Waals surface area contributed by atoms with Crippen LogP contribution in [0.15, 0.2) is 91.0 Å². The third-order valence-electron chi connectivity index (χ3n) is 7.67. The zero-order valence-electron chi connectivity index (χ0n) is 24.1. The Morgan fingerprint density at radius 3 is 2.13 bits per heavy atom. The minimum absolute atomic E-state index is 0.0222. The van der Waals surface area contributed by atoms with Crippen LogP contribution in [0.2, 0.25) is 10.0 Å². The van der Waals surface area contributed by atoms with Crippen molar-refractivity contribution in [2.45, 2.75) is 31.0 Å². The van der Waals surface area contributed by atoms with Crippen LogP contribution in [0, 0.1) is 0 Å². The predicted octanol–water partition coefficient (Wildman–Crippen LogP) is 7.97. The van der Waals surface area contributed by atoms with E-state index in [-0.39, 0.29) is 36.1 Å². The van der Waals surface area contributed by atoms with E-state index in [1.165, 1.54) is 24.3 Å². The summed E-state index contributed by atoms with van der Waals surface area (Å²) in [4.78, 5) is 39.8. The SMILES string of the molecule is O=C(O)CN(C(=O)[C@H](CCc1ccc(C(F)(F)F)c(Cl)c1)NC(=O)OCC1c2ccccc2-c2ccccc21)c1cccc(Cl)c1. The molecular formula is C34H27Cl2F3N2O5. The summed E-state index contributed by atoms with van der Waals surface area (Å²) in [5.74, 6) is -2.35. The molecule has 1 aliphatic carbocycles. The minimum Gasteiger partial charge on any atom is -0.480 e. The molecule has 12 heteroatoms. The maximum atomic E-state index is 13.9. The van der Waals surface area contributed by atoms with Gasteiger partial charge >= 0.3 is 18.2 Å². The second-order valence-corrected chi connectivity index (χ2v) is 11.5. The lowest BCUT2D eigenvalue weighted by Gasteiger charge is -2.27. The number of aliphatic carboxylic acids is 1. The van der Waals surface area contributed by atoms with Gasteiger partial charge in [0.25, 0.3) is 0 Å². The Kier molecular flexibility index (Phi) is 9.88. The number of halogens is 5. The maximum absolute atomic E-state index is 13.9. The first kappa shape index (κ1) is 32.8. The van der Waals surface area contributed by atoms with E-state index in [2.05, 4.69) is 5.32 Å². The highest BCUT2D eigenvalue weighted by atomic mass is 35.5. The lowest BCUT2D eigenvalue weighted by Crippen LogP contribution is -2.50. The number of benzene rings is 4. The van der Waals surface area contributed by atoms with Gasteiger partial charge in [0, 0.05) is 16.6 Å². The summed E-state index contributed by atoms with van der Waals surface area (Å²) in [6.45, 7) is -0.781. The fraction of sp³-hybridized carbons (Fsp3) is 0.206. The van der Waals surface area contributed by atoms with E-state index in [1.54, 1.807) is 6.07 Å². The number of anilines is 1. The van der Waals surface area contributed by atoms with Gasteiger partial charge in [-0.2, -0.15) is 13.2 Å². The van der Waals surface area contributed by atoms with Crippen molar-refractivity contribution in [3.05, 3.63) is 123 Å². The third-order valence-corrected chi connectivity index (χ3v) is 8.22. The summed E-state index contributed by atoms with van der Waals surface area (Å²) in [5.41, 5.74) is 3.57. The number of rotatable bonds is 10. The van der Waals surface area contributed by atoms with Crippen molar-refractivity contribution in [1.82, 2.24) is 5.32 Å². The van der Waals surface area contributed by atoms with Crippen molar-refractivity contribution in [3.63, 3.8) is 0 Å². The molecule has 7 nitrogen and oxygen atoms in total. The molecule has 0 saturated heterocycles. The van der Waals surface area contributed by atoms with Crippen LogP contribution in [-0.4, -0.2) is 42.3 Å². The van der Waals surface area contributed by atoms with E-state index in [1.807, 2.05) is 48.5 Å². The van der Waals surface area contributed by atoms with Crippen LogP contribution in [0.4, 0.5) is 23.7 Å². The Bertz CT molecular complexity index is 1740. The first-order valence-electron chi connectivity index (χ1n) is 14.2. The Hall–Kier alpha value is -4.54. The van der Waals surface area contributed by atoms with Gasteiger partial charge in [-0.15, -0.1) is 0 Å². The number of hydrogen-bond acceptors (Lipinski definition) is 4. The molecule has 4 aromatic rings. The molecule has 0 saturated carbocycles. The highest BCUT2D eigenvalue weighted by Gasteiger charge is 2.34. The number of hydrogen-bond donors (Lipinski definition) is 2. The summed E-state index contributed by atoms with van der Waals surface area (Å²) in [7, 11) is 0. The normalized spacial score (nSPS) is 13.0. The number of nitrogens with one attached hydrogen (secondary N) is 1. The quantitative estimate of drug-likeness (QED) is 0.178. The number of carbonyl (C=O) groups excluding carboxylic acids is 2. The van der Waals surface area contributed by atoms with Crippen molar-refractivity contribution in [1.29, 1.82) is 0 Å². The van der Waals surface area contributed by atoms with Gasteiger partial charge in [-0.1, -0.05) is 83.9 Å². The first-order valence-corrected chi connectivity index (χ1v) is 14.9. The molecule has 0 aliphatic heterocycles. The number of alkyl carbamates (subject to hydrolysis) is 1. The maximum Gasteiger partial charge on any atom is 0.417 e. The number of alkyl halides is 3. The van der Waals surface area contributed by atoms with E-state index in [4.69, 9.17) is 27.9 Å². The molecule has 238 valence electrons. The zero-order chi connectivity index (χ0) is 33.0. The van der Waals surface area contributed by atoms with Gasteiger partial charge in [0.15, 0.2) is 0 Å². The van der Waals surface area contributed by atoms with E-state index in [0.717, 1.165) is 39.3 Å². The largest absolute Gasteiger partial charge is 0.480 e. The van der Waals surface area contributed by atoms with Crippen molar-refractivity contribution < 1.29 is 37.4 Å². The molecule has 46 heavy (non-hydrogen) atoms. The first-order chi connectivity index (χ1) is 21.9. The average Bonchev–Trinajstić information content (AvgIpc) is 3.33. The van der Waals surface area contributed by atoms with Crippen molar-refractivity contribution in [2.75, 3.05) is 18.1 Å².